The molecule has 98 valence electrons. The molecular formula is C13H23NO3. The Balaban J connectivity index is 2.50. The molecule has 4 atom stereocenters. The third kappa shape index (κ3) is 3.72. The summed E-state index contributed by atoms with van der Waals surface area (Å²) in [5.74, 6) is -0.909. The highest BCUT2D eigenvalue weighted by Crippen LogP contribution is 2.29. The number of nitrogens with one attached hydrogen (secondary N) is 1. The van der Waals surface area contributed by atoms with Crippen LogP contribution < -0.4 is 5.32 Å². The molecule has 4 unspecified atom stereocenters. The van der Waals surface area contributed by atoms with Gasteiger partial charge in [0.2, 0.25) is 5.91 Å². The zero-order valence-corrected chi connectivity index (χ0v) is 10.9. The smallest absolute Gasteiger partial charge is 0.308 e. The minimum absolute atomic E-state index is 0.0257. The maximum atomic E-state index is 12.0. The molecule has 0 aromatic rings. The Morgan fingerprint density at radius 1 is 1.24 bits per heavy atom. The highest BCUT2D eigenvalue weighted by atomic mass is 16.4. The molecule has 0 saturated heterocycles. The van der Waals surface area contributed by atoms with E-state index in [1.165, 1.54) is 6.42 Å². The van der Waals surface area contributed by atoms with Crippen LogP contribution in [-0.4, -0.2) is 23.0 Å². The molecule has 1 saturated carbocycles. The fourth-order valence-corrected chi connectivity index (χ4v) is 2.38. The normalized spacial score (nSPS) is 28.2. The molecule has 0 heterocycles. The van der Waals surface area contributed by atoms with Gasteiger partial charge in [0.05, 0.1) is 5.92 Å². The summed E-state index contributed by atoms with van der Waals surface area (Å²) in [6.45, 7) is 5.48. The number of carbonyl (C=O) groups excluding carboxylic acids is 1. The number of amides is 1. The fourth-order valence-electron chi connectivity index (χ4n) is 2.38. The average molecular weight is 241 g/mol. The second-order valence-electron chi connectivity index (χ2n) is 5.29. The molecule has 17 heavy (non-hydrogen) atoms. The van der Waals surface area contributed by atoms with Crippen molar-refractivity contribution in [2.45, 2.75) is 52.5 Å². The van der Waals surface area contributed by atoms with Gasteiger partial charge in [0, 0.05) is 12.0 Å². The fraction of sp³-hybridized carbons (Fsp3) is 0.846. The van der Waals surface area contributed by atoms with Gasteiger partial charge in [-0.05, 0) is 32.6 Å². The molecule has 1 amide bonds. The molecule has 1 fully saturated rings. The molecule has 0 aliphatic heterocycles. The molecule has 1 rings (SSSR count). The maximum absolute atomic E-state index is 12.0. The van der Waals surface area contributed by atoms with Gasteiger partial charge in [-0.15, -0.1) is 0 Å². The van der Waals surface area contributed by atoms with Crippen LogP contribution in [0.25, 0.3) is 0 Å². The Morgan fingerprint density at radius 2 is 1.82 bits per heavy atom. The summed E-state index contributed by atoms with van der Waals surface area (Å²) in [6, 6.07) is -0.311. The standard InChI is InChI=1S/C13H23NO3/c1-8-6-4-5-7-11(8)12(15)14-10(3)9(2)13(16)17/h8-11H,4-7H2,1-3H3,(H,14,15)(H,16,17). The van der Waals surface area contributed by atoms with E-state index >= 15 is 0 Å². The van der Waals surface area contributed by atoms with E-state index in [2.05, 4.69) is 12.2 Å². The lowest BCUT2D eigenvalue weighted by Crippen LogP contribution is -2.44. The molecule has 4 nitrogen and oxygen atoms in total. The van der Waals surface area contributed by atoms with Gasteiger partial charge >= 0.3 is 5.97 Å². The van der Waals surface area contributed by atoms with E-state index in [-0.39, 0.29) is 17.9 Å². The maximum Gasteiger partial charge on any atom is 0.308 e. The summed E-state index contributed by atoms with van der Waals surface area (Å²) in [6.07, 6.45) is 4.33. The van der Waals surface area contributed by atoms with Crippen molar-refractivity contribution in [3.8, 4) is 0 Å². The van der Waals surface area contributed by atoms with Crippen molar-refractivity contribution in [1.29, 1.82) is 0 Å². The summed E-state index contributed by atoms with van der Waals surface area (Å²) in [7, 11) is 0. The molecule has 0 aromatic carbocycles. The number of hydrogen-bond donors (Lipinski definition) is 2. The molecule has 4 heteroatoms. The largest absolute Gasteiger partial charge is 0.481 e. The first kappa shape index (κ1) is 14.0. The Kier molecular flexibility index (Phi) is 4.97. The van der Waals surface area contributed by atoms with Crippen molar-refractivity contribution in [2.24, 2.45) is 17.8 Å². The Morgan fingerprint density at radius 3 is 2.35 bits per heavy atom. The van der Waals surface area contributed by atoms with Crippen molar-refractivity contribution in [3.63, 3.8) is 0 Å². The third-order valence-corrected chi connectivity index (χ3v) is 3.96. The monoisotopic (exact) mass is 241 g/mol. The van der Waals surface area contributed by atoms with Gasteiger partial charge < -0.3 is 10.4 Å². The first-order valence-electron chi connectivity index (χ1n) is 6.46. The van der Waals surface area contributed by atoms with Crippen LogP contribution in [0, 0.1) is 17.8 Å². The van der Waals surface area contributed by atoms with E-state index < -0.39 is 11.9 Å². The number of carboxylic acid groups (broad SMARTS) is 1. The topological polar surface area (TPSA) is 66.4 Å². The van der Waals surface area contributed by atoms with E-state index in [0.29, 0.717) is 5.92 Å². The minimum Gasteiger partial charge on any atom is -0.481 e. The minimum atomic E-state index is -0.866. The second-order valence-corrected chi connectivity index (χ2v) is 5.29. The average Bonchev–Trinajstić information content (AvgIpc) is 2.28. The number of carbonyl (C=O) groups is 2. The molecule has 0 spiro atoms. The lowest BCUT2D eigenvalue weighted by Gasteiger charge is -2.29. The highest BCUT2D eigenvalue weighted by molar-refractivity contribution is 5.80. The predicted molar refractivity (Wildman–Crippen MR) is 65.5 cm³/mol. The summed E-state index contributed by atoms with van der Waals surface area (Å²) in [5.41, 5.74) is 0. The highest BCUT2D eigenvalue weighted by Gasteiger charge is 2.30. The van der Waals surface area contributed by atoms with E-state index in [1.54, 1.807) is 13.8 Å². The van der Waals surface area contributed by atoms with Crippen molar-refractivity contribution in [3.05, 3.63) is 0 Å². The predicted octanol–water partition coefficient (Wildman–Crippen LogP) is 2.04. The van der Waals surface area contributed by atoms with Gasteiger partial charge in [-0.2, -0.15) is 0 Å². The Hall–Kier alpha value is -1.06. The third-order valence-electron chi connectivity index (χ3n) is 3.96. The Bertz CT molecular complexity index is 290. The van der Waals surface area contributed by atoms with E-state index in [4.69, 9.17) is 5.11 Å². The van der Waals surface area contributed by atoms with Crippen molar-refractivity contribution in [1.82, 2.24) is 5.32 Å². The summed E-state index contributed by atoms with van der Waals surface area (Å²) in [5, 5.41) is 11.7. The van der Waals surface area contributed by atoms with E-state index in [9.17, 15) is 9.59 Å². The first-order chi connectivity index (χ1) is 7.93. The van der Waals surface area contributed by atoms with Crippen LogP contribution in [0.3, 0.4) is 0 Å². The Labute approximate surface area is 103 Å². The number of rotatable bonds is 4. The van der Waals surface area contributed by atoms with Crippen LogP contribution in [0.2, 0.25) is 0 Å². The summed E-state index contributed by atoms with van der Waals surface area (Å²) in [4.78, 5) is 22.9. The van der Waals surface area contributed by atoms with Crippen LogP contribution in [0.1, 0.15) is 46.5 Å². The number of hydrogen-bond acceptors (Lipinski definition) is 2. The quantitative estimate of drug-likeness (QED) is 0.791. The van der Waals surface area contributed by atoms with Gasteiger partial charge in [-0.1, -0.05) is 19.8 Å². The van der Waals surface area contributed by atoms with Gasteiger partial charge in [0.1, 0.15) is 0 Å². The molecule has 0 radical (unpaired) electrons. The van der Waals surface area contributed by atoms with Crippen LogP contribution in [0.4, 0.5) is 0 Å². The molecule has 1 aliphatic rings. The van der Waals surface area contributed by atoms with Gasteiger partial charge in [-0.3, -0.25) is 9.59 Å². The van der Waals surface area contributed by atoms with Crippen LogP contribution >= 0.6 is 0 Å². The van der Waals surface area contributed by atoms with E-state index in [1.807, 2.05) is 0 Å². The SMILES string of the molecule is CC1CCCCC1C(=O)NC(C)C(C)C(=O)O. The zero-order valence-electron chi connectivity index (χ0n) is 10.9. The van der Waals surface area contributed by atoms with Gasteiger partial charge in [-0.25, -0.2) is 0 Å². The molecule has 0 bridgehead atoms. The van der Waals surface area contributed by atoms with Crippen LogP contribution in [-0.2, 0) is 9.59 Å². The molecular weight excluding hydrogens is 218 g/mol. The molecule has 0 aromatic heterocycles. The van der Waals surface area contributed by atoms with Gasteiger partial charge in [0.15, 0.2) is 0 Å². The van der Waals surface area contributed by atoms with Crippen LogP contribution in [0.15, 0.2) is 0 Å². The summed E-state index contributed by atoms with van der Waals surface area (Å²) >= 11 is 0. The molecule has 2 N–H and O–H groups in total. The van der Waals surface area contributed by atoms with Crippen molar-refractivity contribution >= 4 is 11.9 Å². The van der Waals surface area contributed by atoms with Crippen molar-refractivity contribution < 1.29 is 14.7 Å². The summed E-state index contributed by atoms with van der Waals surface area (Å²) < 4.78 is 0. The van der Waals surface area contributed by atoms with Crippen LogP contribution in [0.5, 0.6) is 0 Å². The van der Waals surface area contributed by atoms with Crippen molar-refractivity contribution in [2.75, 3.05) is 0 Å². The van der Waals surface area contributed by atoms with E-state index in [0.717, 1.165) is 19.3 Å². The second kappa shape index (κ2) is 6.03. The number of aliphatic carboxylic acids is 1. The zero-order chi connectivity index (χ0) is 13.0. The molecule has 1 aliphatic carbocycles. The lowest BCUT2D eigenvalue weighted by atomic mass is 9.79. The number of carboxylic acids is 1. The first-order valence-corrected chi connectivity index (χ1v) is 6.46. The lowest BCUT2D eigenvalue weighted by molar-refractivity contribution is -0.142. The van der Waals surface area contributed by atoms with Gasteiger partial charge in [0.25, 0.3) is 0 Å².